The van der Waals surface area contributed by atoms with E-state index in [0.29, 0.717) is 6.04 Å². The van der Waals surface area contributed by atoms with E-state index in [1.54, 1.807) is 0 Å². The Morgan fingerprint density at radius 1 is 1.29 bits per heavy atom. The number of hydrogen-bond donors (Lipinski definition) is 1. The van der Waals surface area contributed by atoms with Gasteiger partial charge >= 0.3 is 0 Å². The highest BCUT2D eigenvalue weighted by molar-refractivity contribution is 14.0. The predicted molar refractivity (Wildman–Crippen MR) is 128 cm³/mol. The zero-order valence-electron chi connectivity index (χ0n) is 17.7. The molecular weight excluding hydrogens is 463 g/mol. The van der Waals surface area contributed by atoms with Crippen LogP contribution < -0.4 is 5.32 Å². The van der Waals surface area contributed by atoms with Crippen molar-refractivity contribution in [2.75, 3.05) is 46.9 Å². The van der Waals surface area contributed by atoms with Gasteiger partial charge in [-0.2, -0.15) is 0 Å². The van der Waals surface area contributed by atoms with Crippen LogP contribution in [0.1, 0.15) is 37.3 Å². The lowest BCUT2D eigenvalue weighted by molar-refractivity contribution is 0.0625. The number of ether oxygens (including phenoxy) is 1. The minimum atomic E-state index is 0. The van der Waals surface area contributed by atoms with Gasteiger partial charge in [0.1, 0.15) is 0 Å². The van der Waals surface area contributed by atoms with Gasteiger partial charge in [-0.3, -0.25) is 9.89 Å². The highest BCUT2D eigenvalue weighted by atomic mass is 127. The van der Waals surface area contributed by atoms with Gasteiger partial charge in [0.15, 0.2) is 5.96 Å². The summed E-state index contributed by atoms with van der Waals surface area (Å²) >= 11 is 0. The molecule has 0 spiro atoms. The van der Waals surface area contributed by atoms with Crippen LogP contribution in [0.3, 0.4) is 0 Å². The summed E-state index contributed by atoms with van der Waals surface area (Å²) in [6.07, 6.45) is 4.78. The highest BCUT2D eigenvalue weighted by Gasteiger charge is 2.21. The maximum Gasteiger partial charge on any atom is 0.193 e. The summed E-state index contributed by atoms with van der Waals surface area (Å²) in [7, 11) is 4.03. The van der Waals surface area contributed by atoms with Crippen molar-refractivity contribution >= 4 is 29.9 Å². The van der Waals surface area contributed by atoms with Crippen molar-refractivity contribution in [3.05, 3.63) is 35.4 Å². The quantitative estimate of drug-likeness (QED) is 0.370. The fourth-order valence-electron chi connectivity index (χ4n) is 4.16. The molecule has 158 valence electrons. The molecule has 1 N–H and O–H groups in total. The van der Waals surface area contributed by atoms with E-state index in [0.717, 1.165) is 57.7 Å². The monoisotopic (exact) mass is 500 g/mol. The number of benzene rings is 1. The number of aliphatic imine (C=N–C) groups is 1. The Morgan fingerprint density at radius 3 is 2.71 bits per heavy atom. The molecule has 0 amide bonds. The van der Waals surface area contributed by atoms with Crippen LogP contribution in [0.4, 0.5) is 0 Å². The SMILES string of the molecule is CN=C(NCC(C)N1CCc2ccccc2C1)N(C)CCC1CCOCC1.I. The zero-order valence-corrected chi connectivity index (χ0v) is 20.0. The summed E-state index contributed by atoms with van der Waals surface area (Å²) in [5.74, 6) is 1.80. The van der Waals surface area contributed by atoms with Crippen molar-refractivity contribution in [3.63, 3.8) is 0 Å². The molecule has 2 aliphatic heterocycles. The highest BCUT2D eigenvalue weighted by Crippen LogP contribution is 2.20. The van der Waals surface area contributed by atoms with E-state index < -0.39 is 0 Å². The number of guanidine groups is 1. The van der Waals surface area contributed by atoms with Crippen LogP contribution in [-0.4, -0.2) is 68.7 Å². The second-order valence-corrected chi connectivity index (χ2v) is 8.03. The fraction of sp³-hybridized carbons (Fsp3) is 0.682. The number of fused-ring (bicyclic) bond motifs is 1. The molecule has 1 atom stereocenters. The van der Waals surface area contributed by atoms with Crippen LogP contribution in [0.25, 0.3) is 0 Å². The molecule has 2 aliphatic rings. The van der Waals surface area contributed by atoms with Crippen molar-refractivity contribution in [3.8, 4) is 0 Å². The van der Waals surface area contributed by atoms with E-state index in [1.165, 1.54) is 30.4 Å². The second-order valence-electron chi connectivity index (χ2n) is 8.03. The minimum absolute atomic E-state index is 0. The van der Waals surface area contributed by atoms with E-state index in [4.69, 9.17) is 4.74 Å². The Hall–Kier alpha value is -0.860. The van der Waals surface area contributed by atoms with Gasteiger partial charge in [0.05, 0.1) is 0 Å². The molecule has 3 rings (SSSR count). The third-order valence-electron chi connectivity index (χ3n) is 6.13. The van der Waals surface area contributed by atoms with Crippen LogP contribution >= 0.6 is 24.0 Å². The van der Waals surface area contributed by atoms with Crippen molar-refractivity contribution < 1.29 is 4.74 Å². The van der Waals surface area contributed by atoms with Gasteiger partial charge in [-0.15, -0.1) is 24.0 Å². The summed E-state index contributed by atoms with van der Waals surface area (Å²) in [5, 5.41) is 3.59. The lowest BCUT2D eigenvalue weighted by Crippen LogP contribution is -2.48. The first-order valence-corrected chi connectivity index (χ1v) is 10.5. The largest absolute Gasteiger partial charge is 0.381 e. The van der Waals surface area contributed by atoms with Crippen LogP contribution in [-0.2, 0) is 17.7 Å². The van der Waals surface area contributed by atoms with Crippen LogP contribution in [0.2, 0.25) is 0 Å². The Labute approximate surface area is 187 Å². The van der Waals surface area contributed by atoms with Gasteiger partial charge in [0.2, 0.25) is 0 Å². The first-order valence-electron chi connectivity index (χ1n) is 10.5. The smallest absolute Gasteiger partial charge is 0.193 e. The average molecular weight is 500 g/mol. The van der Waals surface area contributed by atoms with E-state index in [-0.39, 0.29) is 24.0 Å². The third kappa shape index (κ3) is 6.59. The number of halogens is 1. The van der Waals surface area contributed by atoms with Gasteiger partial charge in [-0.25, -0.2) is 0 Å². The van der Waals surface area contributed by atoms with Gasteiger partial charge < -0.3 is 15.0 Å². The summed E-state index contributed by atoms with van der Waals surface area (Å²) < 4.78 is 5.47. The molecule has 0 bridgehead atoms. The first-order chi connectivity index (χ1) is 13.2. The molecule has 5 nitrogen and oxygen atoms in total. The lowest BCUT2D eigenvalue weighted by Gasteiger charge is -2.34. The van der Waals surface area contributed by atoms with E-state index >= 15 is 0 Å². The molecule has 0 aliphatic carbocycles. The van der Waals surface area contributed by atoms with Crippen LogP contribution in [0.5, 0.6) is 0 Å². The molecule has 0 aromatic heterocycles. The van der Waals surface area contributed by atoms with E-state index in [2.05, 4.69) is 58.3 Å². The molecule has 28 heavy (non-hydrogen) atoms. The second kappa shape index (κ2) is 12.0. The third-order valence-corrected chi connectivity index (χ3v) is 6.13. The minimum Gasteiger partial charge on any atom is -0.381 e. The fourth-order valence-corrected chi connectivity index (χ4v) is 4.16. The molecule has 1 aromatic rings. The number of nitrogens with zero attached hydrogens (tertiary/aromatic N) is 3. The van der Waals surface area contributed by atoms with E-state index in [9.17, 15) is 0 Å². The van der Waals surface area contributed by atoms with Crippen LogP contribution in [0, 0.1) is 5.92 Å². The standard InChI is InChI=1S/C22H36N4O.HI/c1-18(26-13-9-20-6-4-5-7-21(20)17-26)16-24-22(23-2)25(3)12-8-19-10-14-27-15-11-19;/h4-7,18-19H,8-17H2,1-3H3,(H,23,24);1H. The number of hydrogen-bond acceptors (Lipinski definition) is 3. The lowest BCUT2D eigenvalue weighted by atomic mass is 9.96. The topological polar surface area (TPSA) is 40.1 Å². The Bertz CT molecular complexity index is 618. The van der Waals surface area contributed by atoms with Crippen molar-refractivity contribution in [1.29, 1.82) is 0 Å². The van der Waals surface area contributed by atoms with Gasteiger partial charge in [0.25, 0.3) is 0 Å². The maximum atomic E-state index is 5.47. The van der Waals surface area contributed by atoms with Crippen molar-refractivity contribution in [2.45, 2.75) is 45.2 Å². The molecule has 1 unspecified atom stereocenters. The molecule has 6 heteroatoms. The van der Waals surface area contributed by atoms with E-state index in [1.807, 2.05) is 7.05 Å². The molecule has 1 aromatic carbocycles. The van der Waals surface area contributed by atoms with Crippen LogP contribution in [0.15, 0.2) is 29.3 Å². The van der Waals surface area contributed by atoms with Crippen molar-refractivity contribution in [1.82, 2.24) is 15.1 Å². The normalized spacial score (nSPS) is 19.5. The Kier molecular flexibility index (Phi) is 10.0. The predicted octanol–water partition coefficient (Wildman–Crippen LogP) is 3.38. The van der Waals surface area contributed by atoms with Crippen molar-refractivity contribution in [2.24, 2.45) is 10.9 Å². The molecule has 0 radical (unpaired) electrons. The molecular formula is C22H37IN4O. The zero-order chi connectivity index (χ0) is 19.1. The first kappa shape index (κ1) is 23.4. The Balaban J connectivity index is 0.00000280. The van der Waals surface area contributed by atoms with Gasteiger partial charge in [-0.05, 0) is 49.7 Å². The molecule has 1 saturated heterocycles. The summed E-state index contributed by atoms with van der Waals surface area (Å²) in [6, 6.07) is 9.33. The molecule has 1 fully saturated rings. The van der Waals surface area contributed by atoms with Gasteiger partial charge in [0, 0.05) is 59.5 Å². The average Bonchev–Trinajstić information content (AvgIpc) is 2.73. The molecule has 2 heterocycles. The Morgan fingerprint density at radius 2 is 2.00 bits per heavy atom. The molecule has 0 saturated carbocycles. The van der Waals surface area contributed by atoms with Gasteiger partial charge in [-0.1, -0.05) is 24.3 Å². The number of rotatable bonds is 6. The summed E-state index contributed by atoms with van der Waals surface area (Å²) in [6.45, 7) is 8.34. The summed E-state index contributed by atoms with van der Waals surface area (Å²) in [4.78, 5) is 9.34. The number of nitrogens with one attached hydrogen (secondary N) is 1. The summed E-state index contributed by atoms with van der Waals surface area (Å²) in [5.41, 5.74) is 2.99. The maximum absolute atomic E-state index is 5.47.